The number of carboxylic acid groups (broad SMARTS) is 1. The molecule has 7 nitrogen and oxygen atoms in total. The molecule has 0 aliphatic carbocycles. The van der Waals surface area contributed by atoms with Crippen LogP contribution in [0.4, 0.5) is 0 Å². The van der Waals surface area contributed by atoms with Gasteiger partial charge < -0.3 is 9.67 Å². The van der Waals surface area contributed by atoms with Gasteiger partial charge in [0.05, 0.1) is 5.75 Å². The lowest BCUT2D eigenvalue weighted by atomic mass is 10.3. The van der Waals surface area contributed by atoms with Gasteiger partial charge in [-0.15, -0.1) is 10.2 Å². The predicted octanol–water partition coefficient (Wildman–Crippen LogP) is 1.69. The first-order chi connectivity index (χ1) is 10.2. The summed E-state index contributed by atoms with van der Waals surface area (Å²) >= 11 is 1.22. The molecule has 0 radical (unpaired) electrons. The summed E-state index contributed by atoms with van der Waals surface area (Å²) in [6.07, 6.45) is 6.43. The lowest BCUT2D eigenvalue weighted by molar-refractivity contribution is -0.133. The highest BCUT2D eigenvalue weighted by atomic mass is 32.2. The Bertz CT molecular complexity index is 567. The Morgan fingerprint density at radius 1 is 1.38 bits per heavy atom. The number of nitrogens with zero attached hydrogens (tertiary/aromatic N) is 5. The maximum Gasteiger partial charge on any atom is 0.313 e. The average molecular weight is 309 g/mol. The quantitative estimate of drug-likeness (QED) is 0.709. The van der Waals surface area contributed by atoms with Crippen LogP contribution in [-0.2, 0) is 24.3 Å². The van der Waals surface area contributed by atoms with Crippen molar-refractivity contribution >= 4 is 17.7 Å². The third kappa shape index (κ3) is 4.59. The number of aryl methyl sites for hydroxylation is 2. The number of carbonyl (C=O) groups is 1. The van der Waals surface area contributed by atoms with Crippen LogP contribution in [0, 0.1) is 0 Å². The number of thioether (sulfide) groups is 1. The maximum absolute atomic E-state index is 10.7. The summed E-state index contributed by atoms with van der Waals surface area (Å²) in [4.78, 5) is 10.7. The van der Waals surface area contributed by atoms with Gasteiger partial charge in [-0.1, -0.05) is 18.7 Å². The Morgan fingerprint density at radius 2 is 2.24 bits per heavy atom. The van der Waals surface area contributed by atoms with Crippen LogP contribution in [0.1, 0.15) is 25.6 Å². The van der Waals surface area contributed by atoms with E-state index in [2.05, 4.69) is 22.2 Å². The molecule has 0 unspecified atom stereocenters. The number of carboxylic acids is 1. The van der Waals surface area contributed by atoms with E-state index in [9.17, 15) is 4.79 Å². The summed E-state index contributed by atoms with van der Waals surface area (Å²) in [5, 5.41) is 21.9. The van der Waals surface area contributed by atoms with Crippen LogP contribution in [-0.4, -0.2) is 41.4 Å². The molecule has 0 amide bonds. The third-order valence-electron chi connectivity index (χ3n) is 2.92. The van der Waals surface area contributed by atoms with Crippen LogP contribution < -0.4 is 0 Å². The summed E-state index contributed by atoms with van der Waals surface area (Å²) in [7, 11) is 0. The Balaban J connectivity index is 1.99. The van der Waals surface area contributed by atoms with E-state index in [1.807, 2.05) is 21.5 Å². The minimum Gasteiger partial charge on any atom is -0.481 e. The van der Waals surface area contributed by atoms with Crippen molar-refractivity contribution in [3.05, 3.63) is 24.3 Å². The molecule has 8 heteroatoms. The zero-order chi connectivity index (χ0) is 15.1. The van der Waals surface area contributed by atoms with E-state index in [1.54, 1.807) is 6.20 Å². The largest absolute Gasteiger partial charge is 0.481 e. The number of aliphatic carboxylic acids is 1. The van der Waals surface area contributed by atoms with Crippen molar-refractivity contribution < 1.29 is 9.90 Å². The minimum absolute atomic E-state index is 0.00339. The van der Waals surface area contributed by atoms with Gasteiger partial charge >= 0.3 is 5.97 Å². The summed E-state index contributed by atoms with van der Waals surface area (Å²) in [5.74, 6) is 0.0812. The molecular weight excluding hydrogens is 290 g/mol. The van der Waals surface area contributed by atoms with Gasteiger partial charge in [-0.2, -0.15) is 5.10 Å². The van der Waals surface area contributed by atoms with Gasteiger partial charge in [0.1, 0.15) is 5.82 Å². The molecule has 0 fully saturated rings. The molecule has 0 bridgehead atoms. The van der Waals surface area contributed by atoms with E-state index in [1.165, 1.54) is 11.8 Å². The van der Waals surface area contributed by atoms with Gasteiger partial charge in [0.25, 0.3) is 0 Å². The zero-order valence-corrected chi connectivity index (χ0v) is 12.8. The molecule has 21 heavy (non-hydrogen) atoms. The van der Waals surface area contributed by atoms with E-state index in [0.717, 1.165) is 38.2 Å². The molecule has 2 heterocycles. The van der Waals surface area contributed by atoms with Gasteiger partial charge in [-0.3, -0.25) is 9.48 Å². The fourth-order valence-corrected chi connectivity index (χ4v) is 2.71. The fraction of sp³-hybridized carbons (Fsp3) is 0.538. The number of hydrogen-bond acceptors (Lipinski definition) is 5. The normalized spacial score (nSPS) is 10.9. The second kappa shape index (κ2) is 7.82. The first kappa shape index (κ1) is 15.6. The Hall–Kier alpha value is -1.83. The Kier molecular flexibility index (Phi) is 5.79. The Labute approximate surface area is 127 Å². The van der Waals surface area contributed by atoms with Crippen LogP contribution in [0.2, 0.25) is 0 Å². The second-order valence-electron chi connectivity index (χ2n) is 4.61. The summed E-state index contributed by atoms with van der Waals surface area (Å²) in [5.41, 5.74) is 0. The second-order valence-corrected chi connectivity index (χ2v) is 5.55. The van der Waals surface area contributed by atoms with E-state index < -0.39 is 5.97 Å². The number of hydrogen-bond donors (Lipinski definition) is 1. The van der Waals surface area contributed by atoms with E-state index in [4.69, 9.17) is 5.11 Å². The molecule has 0 aliphatic rings. The first-order valence-electron chi connectivity index (χ1n) is 6.94. The highest BCUT2D eigenvalue weighted by Gasteiger charge is 2.13. The van der Waals surface area contributed by atoms with Crippen molar-refractivity contribution in [2.24, 2.45) is 0 Å². The summed E-state index contributed by atoms with van der Waals surface area (Å²) in [6, 6.07) is 1.90. The highest BCUT2D eigenvalue weighted by molar-refractivity contribution is 7.99. The Morgan fingerprint density at radius 3 is 2.90 bits per heavy atom. The zero-order valence-electron chi connectivity index (χ0n) is 12.0. The molecular formula is C13H19N5O2S. The molecule has 0 aromatic carbocycles. The molecule has 0 atom stereocenters. The van der Waals surface area contributed by atoms with Crippen LogP contribution in [0.15, 0.2) is 23.6 Å². The fourth-order valence-electron chi connectivity index (χ4n) is 2.01. The standard InChI is InChI=1S/C13H19N5O2S/c1-2-5-11-15-16-13(21-10-12(19)20)18(11)9-4-8-17-7-3-6-14-17/h3,6-7H,2,4-5,8-10H2,1H3,(H,19,20). The molecule has 2 rings (SSSR count). The first-order valence-corrected chi connectivity index (χ1v) is 7.93. The van der Waals surface area contributed by atoms with Crippen LogP contribution >= 0.6 is 11.8 Å². The average Bonchev–Trinajstić information content (AvgIpc) is 3.08. The van der Waals surface area contributed by atoms with Gasteiger partial charge in [0.2, 0.25) is 0 Å². The molecule has 0 saturated heterocycles. The van der Waals surface area contributed by atoms with Crippen molar-refractivity contribution in [3.63, 3.8) is 0 Å². The van der Waals surface area contributed by atoms with Crippen molar-refractivity contribution in [2.45, 2.75) is 44.4 Å². The van der Waals surface area contributed by atoms with Crippen LogP contribution in [0.5, 0.6) is 0 Å². The van der Waals surface area contributed by atoms with Crippen molar-refractivity contribution in [2.75, 3.05) is 5.75 Å². The van der Waals surface area contributed by atoms with E-state index in [-0.39, 0.29) is 5.75 Å². The number of aromatic nitrogens is 5. The van der Waals surface area contributed by atoms with E-state index in [0.29, 0.717) is 5.16 Å². The highest BCUT2D eigenvalue weighted by Crippen LogP contribution is 2.18. The topological polar surface area (TPSA) is 85.8 Å². The smallest absolute Gasteiger partial charge is 0.313 e. The lowest BCUT2D eigenvalue weighted by Gasteiger charge is -2.09. The predicted molar refractivity (Wildman–Crippen MR) is 79.2 cm³/mol. The lowest BCUT2D eigenvalue weighted by Crippen LogP contribution is -2.09. The van der Waals surface area contributed by atoms with Gasteiger partial charge in [0.15, 0.2) is 5.16 Å². The minimum atomic E-state index is -0.844. The summed E-state index contributed by atoms with van der Waals surface area (Å²) in [6.45, 7) is 3.68. The van der Waals surface area contributed by atoms with Crippen molar-refractivity contribution in [1.82, 2.24) is 24.5 Å². The van der Waals surface area contributed by atoms with Crippen molar-refractivity contribution in [1.29, 1.82) is 0 Å². The van der Waals surface area contributed by atoms with Gasteiger partial charge in [-0.05, 0) is 18.9 Å². The maximum atomic E-state index is 10.7. The summed E-state index contributed by atoms with van der Waals surface area (Å²) < 4.78 is 3.91. The molecule has 2 aromatic rings. The molecule has 114 valence electrons. The molecule has 2 aromatic heterocycles. The molecule has 0 spiro atoms. The monoisotopic (exact) mass is 309 g/mol. The van der Waals surface area contributed by atoms with Gasteiger partial charge in [0, 0.05) is 31.9 Å². The molecule has 0 aliphatic heterocycles. The molecule has 0 saturated carbocycles. The van der Waals surface area contributed by atoms with Crippen molar-refractivity contribution in [3.8, 4) is 0 Å². The van der Waals surface area contributed by atoms with Crippen LogP contribution in [0.25, 0.3) is 0 Å². The van der Waals surface area contributed by atoms with E-state index >= 15 is 0 Å². The van der Waals surface area contributed by atoms with Crippen LogP contribution in [0.3, 0.4) is 0 Å². The SMILES string of the molecule is CCCc1nnc(SCC(=O)O)n1CCCn1cccn1. The molecule has 1 N–H and O–H groups in total. The van der Waals surface area contributed by atoms with Gasteiger partial charge in [-0.25, -0.2) is 0 Å². The third-order valence-corrected chi connectivity index (χ3v) is 3.87. The number of rotatable bonds is 9.